The lowest BCUT2D eigenvalue weighted by Gasteiger charge is -2.27. The Kier molecular flexibility index (Phi) is 7.25. The first-order chi connectivity index (χ1) is 13.2. The van der Waals surface area contributed by atoms with Gasteiger partial charge in [0.15, 0.2) is 0 Å². The molecule has 0 saturated carbocycles. The molecule has 0 bridgehead atoms. The quantitative estimate of drug-likeness (QED) is 0.723. The van der Waals surface area contributed by atoms with Crippen molar-refractivity contribution in [2.75, 3.05) is 38.2 Å². The molecule has 2 aromatic carbocycles. The van der Waals surface area contributed by atoms with Crippen molar-refractivity contribution < 1.29 is 14.3 Å². The van der Waals surface area contributed by atoms with E-state index >= 15 is 0 Å². The fourth-order valence-corrected chi connectivity index (χ4v) is 3.13. The fraction of sp³-hybridized carbons (Fsp3) is 0.409. The maximum Gasteiger partial charge on any atom is 0.224 e. The first kappa shape index (κ1) is 19.4. The number of rotatable bonds is 8. The van der Waals surface area contributed by atoms with Crippen LogP contribution >= 0.6 is 0 Å². The van der Waals surface area contributed by atoms with Gasteiger partial charge in [-0.3, -0.25) is 9.69 Å². The molecule has 0 radical (unpaired) electrons. The third kappa shape index (κ3) is 6.08. The summed E-state index contributed by atoms with van der Waals surface area (Å²) in [7, 11) is 0. The van der Waals surface area contributed by atoms with Crippen LogP contribution in [-0.4, -0.2) is 43.7 Å². The minimum absolute atomic E-state index is 0.0258. The number of benzene rings is 2. The second-order valence-electron chi connectivity index (χ2n) is 6.81. The highest BCUT2D eigenvalue weighted by molar-refractivity contribution is 5.91. The van der Waals surface area contributed by atoms with Crippen LogP contribution in [0.4, 0.5) is 5.69 Å². The van der Waals surface area contributed by atoms with Gasteiger partial charge in [0.1, 0.15) is 5.75 Å². The predicted molar refractivity (Wildman–Crippen MR) is 107 cm³/mol. The SMILES string of the molecule is Cc1ccccc1OCCCC(=O)Nc1ccccc1CN1CCOCC1. The Labute approximate surface area is 161 Å². The molecule has 5 nitrogen and oxygen atoms in total. The molecular formula is C22H28N2O3. The summed E-state index contributed by atoms with van der Waals surface area (Å²) < 4.78 is 11.2. The summed E-state index contributed by atoms with van der Waals surface area (Å²) in [6, 6.07) is 15.9. The fourth-order valence-electron chi connectivity index (χ4n) is 3.13. The summed E-state index contributed by atoms with van der Waals surface area (Å²) in [6.45, 7) is 6.79. The van der Waals surface area contributed by atoms with Crippen molar-refractivity contribution in [3.8, 4) is 5.75 Å². The van der Waals surface area contributed by atoms with Crippen LogP contribution in [0.2, 0.25) is 0 Å². The molecule has 144 valence electrons. The highest BCUT2D eigenvalue weighted by atomic mass is 16.5. The predicted octanol–water partition coefficient (Wildman–Crippen LogP) is 3.62. The first-order valence-electron chi connectivity index (χ1n) is 9.58. The van der Waals surface area contributed by atoms with E-state index in [1.54, 1.807) is 0 Å². The molecule has 3 rings (SSSR count). The smallest absolute Gasteiger partial charge is 0.224 e. The number of para-hydroxylation sites is 2. The molecule has 0 aliphatic carbocycles. The van der Waals surface area contributed by atoms with Crippen LogP contribution in [-0.2, 0) is 16.1 Å². The average molecular weight is 368 g/mol. The summed E-state index contributed by atoms with van der Waals surface area (Å²) in [4.78, 5) is 14.7. The number of carbonyl (C=O) groups is 1. The van der Waals surface area contributed by atoms with Crippen molar-refractivity contribution in [1.82, 2.24) is 4.90 Å². The zero-order chi connectivity index (χ0) is 18.9. The number of hydrogen-bond donors (Lipinski definition) is 1. The lowest BCUT2D eigenvalue weighted by atomic mass is 10.1. The van der Waals surface area contributed by atoms with E-state index in [0.717, 1.165) is 55.4 Å². The Bertz CT molecular complexity index is 742. The topological polar surface area (TPSA) is 50.8 Å². The van der Waals surface area contributed by atoms with E-state index in [1.807, 2.05) is 49.4 Å². The zero-order valence-corrected chi connectivity index (χ0v) is 15.9. The Balaban J connectivity index is 1.45. The van der Waals surface area contributed by atoms with Gasteiger partial charge in [-0.25, -0.2) is 0 Å². The molecule has 1 N–H and O–H groups in total. The van der Waals surface area contributed by atoms with Crippen LogP contribution < -0.4 is 10.1 Å². The third-order valence-corrected chi connectivity index (χ3v) is 4.69. The van der Waals surface area contributed by atoms with Crippen LogP contribution in [0.25, 0.3) is 0 Å². The van der Waals surface area contributed by atoms with Crippen LogP contribution in [0.3, 0.4) is 0 Å². The molecule has 1 saturated heterocycles. The third-order valence-electron chi connectivity index (χ3n) is 4.69. The molecule has 1 heterocycles. The van der Waals surface area contributed by atoms with E-state index in [4.69, 9.17) is 9.47 Å². The molecule has 5 heteroatoms. The van der Waals surface area contributed by atoms with E-state index in [-0.39, 0.29) is 5.91 Å². The standard InChI is InChI=1S/C22H28N2O3/c1-18-7-2-5-10-21(18)27-14-6-11-22(25)23-20-9-4-3-8-19(20)17-24-12-15-26-16-13-24/h2-5,7-10H,6,11-17H2,1H3,(H,23,25). The van der Waals surface area contributed by atoms with Crippen molar-refractivity contribution in [3.05, 3.63) is 59.7 Å². The van der Waals surface area contributed by atoms with E-state index < -0.39 is 0 Å². The average Bonchev–Trinajstić information content (AvgIpc) is 2.69. The number of morpholine rings is 1. The number of aryl methyl sites for hydroxylation is 1. The molecule has 1 aliphatic heterocycles. The number of carbonyl (C=O) groups excluding carboxylic acids is 1. The molecule has 0 spiro atoms. The Morgan fingerprint density at radius 2 is 1.85 bits per heavy atom. The second kappa shape index (κ2) is 10.1. The molecule has 0 atom stereocenters. The van der Waals surface area contributed by atoms with E-state index in [9.17, 15) is 4.79 Å². The van der Waals surface area contributed by atoms with Gasteiger partial charge in [-0.05, 0) is 36.6 Å². The van der Waals surface area contributed by atoms with Crippen LogP contribution in [0.5, 0.6) is 5.75 Å². The van der Waals surface area contributed by atoms with E-state index in [0.29, 0.717) is 19.4 Å². The highest BCUT2D eigenvalue weighted by Gasteiger charge is 2.13. The van der Waals surface area contributed by atoms with Crippen molar-refractivity contribution >= 4 is 11.6 Å². The van der Waals surface area contributed by atoms with Crippen LogP contribution in [0, 0.1) is 6.92 Å². The van der Waals surface area contributed by atoms with Crippen molar-refractivity contribution in [1.29, 1.82) is 0 Å². The van der Waals surface area contributed by atoms with E-state index in [1.165, 1.54) is 0 Å². The van der Waals surface area contributed by atoms with Gasteiger partial charge in [0.05, 0.1) is 19.8 Å². The van der Waals surface area contributed by atoms with Gasteiger partial charge in [0.2, 0.25) is 5.91 Å². The molecule has 0 aromatic heterocycles. The largest absolute Gasteiger partial charge is 0.493 e. The lowest BCUT2D eigenvalue weighted by Crippen LogP contribution is -2.35. The van der Waals surface area contributed by atoms with Crippen molar-refractivity contribution in [3.63, 3.8) is 0 Å². The van der Waals surface area contributed by atoms with Gasteiger partial charge in [-0.15, -0.1) is 0 Å². The molecule has 1 amide bonds. The number of nitrogens with one attached hydrogen (secondary N) is 1. The number of amides is 1. The molecule has 27 heavy (non-hydrogen) atoms. The monoisotopic (exact) mass is 368 g/mol. The minimum Gasteiger partial charge on any atom is -0.493 e. The zero-order valence-electron chi connectivity index (χ0n) is 15.9. The summed E-state index contributed by atoms with van der Waals surface area (Å²) in [5, 5.41) is 3.06. The number of anilines is 1. The molecule has 1 aliphatic rings. The summed E-state index contributed by atoms with van der Waals surface area (Å²) >= 11 is 0. The molecule has 2 aromatic rings. The van der Waals surface area contributed by atoms with Gasteiger partial charge in [0.25, 0.3) is 0 Å². The second-order valence-corrected chi connectivity index (χ2v) is 6.81. The summed E-state index contributed by atoms with van der Waals surface area (Å²) in [6.07, 6.45) is 1.13. The number of nitrogens with zero attached hydrogens (tertiary/aromatic N) is 1. The van der Waals surface area contributed by atoms with Gasteiger partial charge >= 0.3 is 0 Å². The summed E-state index contributed by atoms with van der Waals surface area (Å²) in [5.74, 6) is 0.909. The maximum absolute atomic E-state index is 12.3. The normalized spacial score (nSPS) is 14.7. The van der Waals surface area contributed by atoms with Gasteiger partial charge < -0.3 is 14.8 Å². The molecular weight excluding hydrogens is 340 g/mol. The Morgan fingerprint density at radius 1 is 1.11 bits per heavy atom. The van der Waals surface area contributed by atoms with Gasteiger partial charge in [0, 0.05) is 31.7 Å². The van der Waals surface area contributed by atoms with Gasteiger partial charge in [-0.2, -0.15) is 0 Å². The van der Waals surface area contributed by atoms with Crippen LogP contribution in [0.1, 0.15) is 24.0 Å². The highest BCUT2D eigenvalue weighted by Crippen LogP contribution is 2.19. The summed E-state index contributed by atoms with van der Waals surface area (Å²) in [5.41, 5.74) is 3.15. The van der Waals surface area contributed by atoms with Gasteiger partial charge in [-0.1, -0.05) is 36.4 Å². The minimum atomic E-state index is 0.0258. The first-order valence-corrected chi connectivity index (χ1v) is 9.58. The maximum atomic E-state index is 12.3. The number of hydrogen-bond acceptors (Lipinski definition) is 4. The van der Waals surface area contributed by atoms with Crippen molar-refractivity contribution in [2.24, 2.45) is 0 Å². The van der Waals surface area contributed by atoms with Crippen molar-refractivity contribution in [2.45, 2.75) is 26.3 Å². The Morgan fingerprint density at radius 3 is 2.67 bits per heavy atom. The molecule has 1 fully saturated rings. The lowest BCUT2D eigenvalue weighted by molar-refractivity contribution is -0.116. The Hall–Kier alpha value is -2.37. The van der Waals surface area contributed by atoms with Crippen LogP contribution in [0.15, 0.2) is 48.5 Å². The number of ether oxygens (including phenoxy) is 2. The van der Waals surface area contributed by atoms with E-state index in [2.05, 4.69) is 16.3 Å². The molecule has 0 unspecified atom stereocenters.